The van der Waals surface area contributed by atoms with Crippen molar-refractivity contribution in [1.82, 2.24) is 9.97 Å². The summed E-state index contributed by atoms with van der Waals surface area (Å²) in [5.74, 6) is 0.162. The van der Waals surface area contributed by atoms with E-state index in [1.54, 1.807) is 31.4 Å². The van der Waals surface area contributed by atoms with Crippen LogP contribution in [-0.2, 0) is 0 Å². The molecular weight excluding hydrogens is 274 g/mol. The Bertz CT molecular complexity index is 643. The van der Waals surface area contributed by atoms with Crippen LogP contribution in [0.3, 0.4) is 0 Å². The molecule has 0 aliphatic carbocycles. The molecule has 2 rings (SSSR count). The molecule has 0 fully saturated rings. The third-order valence-electron chi connectivity index (χ3n) is 2.86. The Morgan fingerprint density at radius 2 is 2.00 bits per heavy atom. The summed E-state index contributed by atoms with van der Waals surface area (Å²) in [4.78, 5) is 19.5. The van der Waals surface area contributed by atoms with E-state index in [-0.39, 0.29) is 17.2 Å². The first-order valence-electron chi connectivity index (χ1n) is 6.17. The van der Waals surface area contributed by atoms with Gasteiger partial charge in [0, 0.05) is 5.56 Å². The van der Waals surface area contributed by atoms with Crippen molar-refractivity contribution in [3.05, 3.63) is 41.7 Å². The first-order chi connectivity index (χ1) is 10.0. The number of primary amides is 1. The van der Waals surface area contributed by atoms with Crippen LogP contribution in [0, 0.1) is 0 Å². The van der Waals surface area contributed by atoms with Crippen LogP contribution in [0.2, 0.25) is 0 Å². The number of aliphatic hydroxyl groups is 2. The van der Waals surface area contributed by atoms with Gasteiger partial charge in [0.2, 0.25) is 0 Å². The van der Waals surface area contributed by atoms with Crippen LogP contribution in [0.15, 0.2) is 30.3 Å². The highest BCUT2D eigenvalue weighted by molar-refractivity contribution is 5.91. The predicted octanol–water partition coefficient (Wildman–Crippen LogP) is 0.277. The van der Waals surface area contributed by atoms with Crippen molar-refractivity contribution < 1.29 is 19.7 Å². The number of methoxy groups -OCH3 is 1. The molecule has 7 heteroatoms. The fraction of sp³-hybridized carbons (Fsp3) is 0.214. The van der Waals surface area contributed by atoms with Gasteiger partial charge in [-0.25, -0.2) is 9.97 Å². The number of nitrogens with two attached hydrogens (primary N) is 1. The van der Waals surface area contributed by atoms with E-state index in [9.17, 15) is 9.90 Å². The van der Waals surface area contributed by atoms with Gasteiger partial charge >= 0.3 is 0 Å². The monoisotopic (exact) mass is 289 g/mol. The molecule has 2 aromatic rings. The normalized spacial score (nSPS) is 12.0. The van der Waals surface area contributed by atoms with E-state index in [2.05, 4.69) is 9.97 Å². The molecule has 0 unspecified atom stereocenters. The van der Waals surface area contributed by atoms with Crippen LogP contribution < -0.4 is 10.5 Å². The van der Waals surface area contributed by atoms with Crippen LogP contribution in [0.4, 0.5) is 0 Å². The Hall–Kier alpha value is -2.51. The Balaban J connectivity index is 2.50. The maximum absolute atomic E-state index is 11.3. The fourth-order valence-corrected chi connectivity index (χ4v) is 1.73. The standard InChI is InChI=1S/C14H15N3O4/c1-21-9-4-2-8(3-5-9)14-16-10(12(19)7-18)6-11(17-14)13(15)20/h2-6,12,18-19H,7H2,1H3,(H2,15,20)/t12-/m0/s1. The topological polar surface area (TPSA) is 119 Å². The fourth-order valence-electron chi connectivity index (χ4n) is 1.73. The molecule has 21 heavy (non-hydrogen) atoms. The molecule has 0 aliphatic rings. The highest BCUT2D eigenvalue weighted by atomic mass is 16.5. The molecule has 7 nitrogen and oxygen atoms in total. The molecule has 0 saturated carbocycles. The number of nitrogens with zero attached hydrogens (tertiary/aromatic N) is 2. The minimum atomic E-state index is -1.21. The van der Waals surface area contributed by atoms with Crippen molar-refractivity contribution in [2.75, 3.05) is 13.7 Å². The number of aromatic nitrogens is 2. The summed E-state index contributed by atoms with van der Waals surface area (Å²) in [6.07, 6.45) is -1.21. The molecule has 110 valence electrons. The average Bonchev–Trinajstić information content (AvgIpc) is 2.53. The zero-order chi connectivity index (χ0) is 15.4. The quantitative estimate of drug-likeness (QED) is 0.727. The third-order valence-corrected chi connectivity index (χ3v) is 2.86. The third kappa shape index (κ3) is 3.33. The van der Waals surface area contributed by atoms with Gasteiger partial charge < -0.3 is 20.7 Å². The van der Waals surface area contributed by atoms with Gasteiger partial charge in [-0.05, 0) is 30.3 Å². The van der Waals surface area contributed by atoms with E-state index in [4.69, 9.17) is 15.6 Å². The lowest BCUT2D eigenvalue weighted by atomic mass is 10.1. The van der Waals surface area contributed by atoms with Gasteiger partial charge in [-0.3, -0.25) is 4.79 Å². The maximum atomic E-state index is 11.3. The number of carbonyl (C=O) groups is 1. The lowest BCUT2D eigenvalue weighted by molar-refractivity contribution is 0.0916. The highest BCUT2D eigenvalue weighted by Crippen LogP contribution is 2.21. The van der Waals surface area contributed by atoms with Gasteiger partial charge in [0.05, 0.1) is 19.4 Å². The van der Waals surface area contributed by atoms with E-state index in [0.29, 0.717) is 11.3 Å². The van der Waals surface area contributed by atoms with E-state index in [0.717, 1.165) is 0 Å². The van der Waals surface area contributed by atoms with E-state index in [1.807, 2.05) is 0 Å². The largest absolute Gasteiger partial charge is 0.497 e. The predicted molar refractivity (Wildman–Crippen MR) is 74.6 cm³/mol. The average molecular weight is 289 g/mol. The van der Waals surface area contributed by atoms with Crippen molar-refractivity contribution in [3.8, 4) is 17.1 Å². The molecule has 4 N–H and O–H groups in total. The van der Waals surface area contributed by atoms with Crippen molar-refractivity contribution in [3.63, 3.8) is 0 Å². The molecule has 0 saturated heterocycles. The first-order valence-corrected chi connectivity index (χ1v) is 6.17. The molecule has 0 spiro atoms. The van der Waals surface area contributed by atoms with Crippen LogP contribution in [0.1, 0.15) is 22.3 Å². The maximum Gasteiger partial charge on any atom is 0.267 e. The van der Waals surface area contributed by atoms with E-state index in [1.165, 1.54) is 6.07 Å². The van der Waals surface area contributed by atoms with E-state index < -0.39 is 18.6 Å². The molecule has 0 radical (unpaired) electrons. The second-order valence-electron chi connectivity index (χ2n) is 4.29. The van der Waals surface area contributed by atoms with Crippen LogP contribution in [-0.4, -0.2) is 39.8 Å². The van der Waals surface area contributed by atoms with Crippen molar-refractivity contribution >= 4 is 5.91 Å². The molecule has 1 atom stereocenters. The summed E-state index contributed by atoms with van der Waals surface area (Å²) in [6, 6.07) is 8.13. The van der Waals surface area contributed by atoms with Gasteiger partial charge in [-0.15, -0.1) is 0 Å². The summed E-state index contributed by atoms with van der Waals surface area (Å²) in [5, 5.41) is 18.7. The summed E-state index contributed by atoms with van der Waals surface area (Å²) < 4.78 is 5.06. The molecule has 0 aliphatic heterocycles. The smallest absolute Gasteiger partial charge is 0.267 e. The number of hydrogen-bond acceptors (Lipinski definition) is 6. The van der Waals surface area contributed by atoms with Crippen molar-refractivity contribution in [1.29, 1.82) is 0 Å². The van der Waals surface area contributed by atoms with Crippen molar-refractivity contribution in [2.45, 2.75) is 6.10 Å². The molecule has 1 amide bonds. The Morgan fingerprint density at radius 3 is 2.52 bits per heavy atom. The van der Waals surface area contributed by atoms with Gasteiger partial charge in [-0.1, -0.05) is 0 Å². The Morgan fingerprint density at radius 1 is 1.33 bits per heavy atom. The van der Waals surface area contributed by atoms with Crippen LogP contribution in [0.25, 0.3) is 11.4 Å². The number of benzene rings is 1. The summed E-state index contributed by atoms with van der Waals surface area (Å²) in [6.45, 7) is -0.517. The van der Waals surface area contributed by atoms with Crippen LogP contribution >= 0.6 is 0 Å². The van der Waals surface area contributed by atoms with Crippen molar-refractivity contribution in [2.24, 2.45) is 5.73 Å². The van der Waals surface area contributed by atoms with Gasteiger partial charge in [0.25, 0.3) is 5.91 Å². The van der Waals surface area contributed by atoms with Crippen LogP contribution in [0.5, 0.6) is 5.75 Å². The number of amides is 1. The summed E-state index contributed by atoms with van der Waals surface area (Å²) >= 11 is 0. The zero-order valence-electron chi connectivity index (χ0n) is 11.4. The summed E-state index contributed by atoms with van der Waals surface area (Å²) in [7, 11) is 1.55. The second-order valence-corrected chi connectivity index (χ2v) is 4.29. The highest BCUT2D eigenvalue weighted by Gasteiger charge is 2.15. The Kier molecular flexibility index (Phi) is 4.46. The number of rotatable bonds is 5. The van der Waals surface area contributed by atoms with E-state index >= 15 is 0 Å². The number of hydrogen-bond donors (Lipinski definition) is 3. The lowest BCUT2D eigenvalue weighted by Crippen LogP contribution is -2.16. The first kappa shape index (κ1) is 14.9. The number of ether oxygens (including phenoxy) is 1. The number of carbonyl (C=O) groups excluding carboxylic acids is 1. The lowest BCUT2D eigenvalue weighted by Gasteiger charge is -2.10. The van der Waals surface area contributed by atoms with Gasteiger partial charge in [-0.2, -0.15) is 0 Å². The van der Waals surface area contributed by atoms with Gasteiger partial charge in [0.1, 0.15) is 17.5 Å². The molecule has 1 heterocycles. The second kappa shape index (κ2) is 6.29. The zero-order valence-corrected chi connectivity index (χ0v) is 11.4. The minimum Gasteiger partial charge on any atom is -0.497 e. The molecular formula is C14H15N3O4. The minimum absolute atomic E-state index is 0.0293. The Labute approximate surface area is 121 Å². The molecule has 0 bridgehead atoms. The van der Waals surface area contributed by atoms with Gasteiger partial charge in [0.15, 0.2) is 5.82 Å². The summed E-state index contributed by atoms with van der Waals surface area (Å²) in [5.41, 5.74) is 5.96. The molecule has 1 aromatic heterocycles. The SMILES string of the molecule is COc1ccc(-c2nc(C(N)=O)cc([C@@H](O)CO)n2)cc1. The number of aliphatic hydroxyl groups excluding tert-OH is 2. The molecule has 1 aromatic carbocycles.